The van der Waals surface area contributed by atoms with Crippen LogP contribution in [0.25, 0.3) is 0 Å². The van der Waals surface area contributed by atoms with Crippen molar-refractivity contribution >= 4 is 11.8 Å². The molecule has 1 aromatic heterocycles. The highest BCUT2D eigenvalue weighted by atomic mass is 32.2. The SMILES string of the molecule is CCCC(N)c1nnc(SCc2cc(C)cc(C)c2)n1Cc1ccccc1. The second-order valence-electron chi connectivity index (χ2n) is 7.09. The molecule has 0 aliphatic carbocycles. The molecule has 3 rings (SSSR count). The first kappa shape index (κ1) is 19.6. The van der Waals surface area contributed by atoms with Gasteiger partial charge in [0, 0.05) is 5.75 Å². The summed E-state index contributed by atoms with van der Waals surface area (Å²) in [4.78, 5) is 0. The monoisotopic (exact) mass is 380 g/mol. The largest absolute Gasteiger partial charge is 0.321 e. The molecular weight excluding hydrogens is 352 g/mol. The van der Waals surface area contributed by atoms with Crippen LogP contribution in [0.1, 0.15) is 53.9 Å². The quantitative estimate of drug-likeness (QED) is 0.557. The van der Waals surface area contributed by atoms with Gasteiger partial charge >= 0.3 is 0 Å². The highest BCUT2D eigenvalue weighted by molar-refractivity contribution is 7.98. The van der Waals surface area contributed by atoms with Crippen molar-refractivity contribution in [3.8, 4) is 0 Å². The number of aromatic nitrogens is 3. The fourth-order valence-electron chi connectivity index (χ4n) is 3.34. The van der Waals surface area contributed by atoms with Gasteiger partial charge in [-0.25, -0.2) is 0 Å². The molecule has 1 atom stereocenters. The molecule has 27 heavy (non-hydrogen) atoms. The van der Waals surface area contributed by atoms with Gasteiger partial charge in [-0.2, -0.15) is 0 Å². The van der Waals surface area contributed by atoms with Crippen LogP contribution < -0.4 is 5.73 Å². The van der Waals surface area contributed by atoms with Gasteiger partial charge in [-0.05, 0) is 31.4 Å². The fourth-order valence-corrected chi connectivity index (χ4v) is 4.21. The minimum atomic E-state index is -0.0817. The van der Waals surface area contributed by atoms with Gasteiger partial charge in [-0.15, -0.1) is 10.2 Å². The van der Waals surface area contributed by atoms with E-state index in [1.807, 2.05) is 6.07 Å². The van der Waals surface area contributed by atoms with Crippen LogP contribution in [-0.2, 0) is 12.3 Å². The van der Waals surface area contributed by atoms with Crippen molar-refractivity contribution in [2.24, 2.45) is 5.73 Å². The predicted molar refractivity (Wildman–Crippen MR) is 113 cm³/mol. The van der Waals surface area contributed by atoms with E-state index in [4.69, 9.17) is 5.73 Å². The normalized spacial score (nSPS) is 12.3. The number of thioether (sulfide) groups is 1. The molecule has 0 amide bonds. The summed E-state index contributed by atoms with van der Waals surface area (Å²) in [6.07, 6.45) is 1.94. The molecule has 142 valence electrons. The van der Waals surface area contributed by atoms with Gasteiger partial charge in [-0.3, -0.25) is 0 Å². The average molecular weight is 381 g/mol. The number of hydrogen-bond donors (Lipinski definition) is 1. The third kappa shape index (κ3) is 5.21. The summed E-state index contributed by atoms with van der Waals surface area (Å²) < 4.78 is 2.18. The molecule has 1 unspecified atom stereocenters. The maximum atomic E-state index is 6.39. The Bertz CT molecular complexity index is 853. The summed E-state index contributed by atoms with van der Waals surface area (Å²) in [6.45, 7) is 7.17. The van der Waals surface area contributed by atoms with Gasteiger partial charge < -0.3 is 10.3 Å². The molecule has 0 spiro atoms. The molecule has 0 aliphatic rings. The van der Waals surface area contributed by atoms with Gasteiger partial charge in [0.05, 0.1) is 12.6 Å². The van der Waals surface area contributed by atoms with Gasteiger partial charge in [0.15, 0.2) is 11.0 Å². The molecule has 5 heteroatoms. The lowest BCUT2D eigenvalue weighted by atomic mass is 10.1. The van der Waals surface area contributed by atoms with Crippen LogP contribution in [-0.4, -0.2) is 14.8 Å². The number of benzene rings is 2. The highest BCUT2D eigenvalue weighted by Crippen LogP contribution is 2.26. The number of rotatable bonds is 8. The summed E-state index contributed by atoms with van der Waals surface area (Å²) in [7, 11) is 0. The highest BCUT2D eigenvalue weighted by Gasteiger charge is 2.18. The topological polar surface area (TPSA) is 56.7 Å². The number of hydrogen-bond acceptors (Lipinski definition) is 4. The molecule has 0 fully saturated rings. The fraction of sp³-hybridized carbons (Fsp3) is 0.364. The second-order valence-corrected chi connectivity index (χ2v) is 8.03. The van der Waals surface area contributed by atoms with Crippen LogP contribution in [0.15, 0.2) is 53.7 Å². The molecule has 0 aliphatic heterocycles. The summed E-state index contributed by atoms with van der Waals surface area (Å²) in [5, 5.41) is 9.85. The first-order valence-electron chi connectivity index (χ1n) is 9.49. The first-order chi connectivity index (χ1) is 13.1. The van der Waals surface area contributed by atoms with Gasteiger partial charge in [0.25, 0.3) is 0 Å². The third-order valence-electron chi connectivity index (χ3n) is 4.51. The molecule has 1 heterocycles. The maximum absolute atomic E-state index is 6.39. The van der Waals surface area contributed by atoms with Crippen LogP contribution in [0.2, 0.25) is 0 Å². The Balaban J connectivity index is 1.85. The molecular formula is C22H28N4S. The summed E-state index contributed by atoms with van der Waals surface area (Å²) in [5.41, 5.74) is 11.5. The van der Waals surface area contributed by atoms with E-state index < -0.39 is 0 Å². The van der Waals surface area contributed by atoms with Crippen molar-refractivity contribution in [1.82, 2.24) is 14.8 Å². The smallest absolute Gasteiger partial charge is 0.191 e. The summed E-state index contributed by atoms with van der Waals surface area (Å²) in [5.74, 6) is 1.75. The van der Waals surface area contributed by atoms with Gasteiger partial charge in [0.2, 0.25) is 0 Å². The van der Waals surface area contributed by atoms with Crippen molar-refractivity contribution in [1.29, 1.82) is 0 Å². The van der Waals surface area contributed by atoms with E-state index in [-0.39, 0.29) is 6.04 Å². The van der Waals surface area contributed by atoms with Crippen LogP contribution in [0.4, 0.5) is 0 Å². The van der Waals surface area contributed by atoms with Gasteiger partial charge in [0.1, 0.15) is 0 Å². The molecule has 0 saturated heterocycles. The minimum Gasteiger partial charge on any atom is -0.321 e. The van der Waals surface area contributed by atoms with Crippen molar-refractivity contribution in [2.75, 3.05) is 0 Å². The lowest BCUT2D eigenvalue weighted by molar-refractivity contribution is 0.552. The predicted octanol–water partition coefficient (Wildman–Crippen LogP) is 5.04. The van der Waals surface area contributed by atoms with E-state index in [1.165, 1.54) is 22.3 Å². The Kier molecular flexibility index (Phi) is 6.69. The Morgan fingerprint density at radius 2 is 1.70 bits per heavy atom. The lowest BCUT2D eigenvalue weighted by Gasteiger charge is -2.14. The van der Waals surface area contributed by atoms with Crippen molar-refractivity contribution in [3.63, 3.8) is 0 Å². The van der Waals surface area contributed by atoms with Crippen molar-refractivity contribution in [3.05, 3.63) is 76.6 Å². The van der Waals surface area contributed by atoms with E-state index in [2.05, 4.69) is 78.0 Å². The number of aryl methyl sites for hydroxylation is 2. The molecule has 4 nitrogen and oxygen atoms in total. The molecule has 3 aromatic rings. The van der Waals surface area contributed by atoms with E-state index >= 15 is 0 Å². The standard InChI is InChI=1S/C22H28N4S/c1-4-8-20(23)21-24-25-22(26(21)14-18-9-6-5-7-10-18)27-15-19-12-16(2)11-17(3)13-19/h5-7,9-13,20H,4,8,14-15,23H2,1-3H3. The molecule has 2 N–H and O–H groups in total. The maximum Gasteiger partial charge on any atom is 0.191 e. The second kappa shape index (κ2) is 9.20. The molecule has 0 bridgehead atoms. The van der Waals surface area contributed by atoms with Crippen LogP contribution in [0.3, 0.4) is 0 Å². The van der Waals surface area contributed by atoms with E-state index in [9.17, 15) is 0 Å². The van der Waals surface area contributed by atoms with E-state index in [0.717, 1.165) is 36.1 Å². The third-order valence-corrected chi connectivity index (χ3v) is 5.55. The number of nitrogens with two attached hydrogens (primary N) is 1. The van der Waals surface area contributed by atoms with Crippen molar-refractivity contribution in [2.45, 2.75) is 57.1 Å². The Morgan fingerprint density at radius 1 is 1.00 bits per heavy atom. The Labute approximate surface area is 166 Å². The molecule has 0 radical (unpaired) electrons. The van der Waals surface area contributed by atoms with E-state index in [0.29, 0.717) is 0 Å². The van der Waals surface area contributed by atoms with Crippen molar-refractivity contribution < 1.29 is 0 Å². The zero-order chi connectivity index (χ0) is 19.2. The van der Waals surface area contributed by atoms with Gasteiger partial charge in [-0.1, -0.05) is 84.8 Å². The summed E-state index contributed by atoms with van der Waals surface area (Å²) >= 11 is 1.73. The first-order valence-corrected chi connectivity index (χ1v) is 10.5. The Hall–Kier alpha value is -2.11. The van der Waals surface area contributed by atoms with E-state index in [1.54, 1.807) is 11.8 Å². The number of nitrogens with zero attached hydrogens (tertiary/aromatic N) is 3. The molecule has 2 aromatic carbocycles. The Morgan fingerprint density at radius 3 is 2.37 bits per heavy atom. The van der Waals surface area contributed by atoms with Crippen LogP contribution in [0, 0.1) is 13.8 Å². The zero-order valence-electron chi connectivity index (χ0n) is 16.4. The minimum absolute atomic E-state index is 0.0817. The lowest BCUT2D eigenvalue weighted by Crippen LogP contribution is -2.17. The average Bonchev–Trinajstić information content (AvgIpc) is 3.03. The van der Waals surface area contributed by atoms with Crippen LogP contribution >= 0.6 is 11.8 Å². The summed E-state index contributed by atoms with van der Waals surface area (Å²) in [6, 6.07) is 17.0. The molecule has 0 saturated carbocycles. The zero-order valence-corrected chi connectivity index (χ0v) is 17.2. The van der Waals surface area contributed by atoms with Crippen LogP contribution in [0.5, 0.6) is 0 Å².